The fourth-order valence-electron chi connectivity index (χ4n) is 2.12. The van der Waals surface area contributed by atoms with Crippen LogP contribution in [0.5, 0.6) is 5.88 Å². The minimum Gasteiger partial charge on any atom is -0.481 e. The number of methoxy groups -OCH3 is 1. The maximum Gasteiger partial charge on any atom is 0.213 e. The van der Waals surface area contributed by atoms with Gasteiger partial charge in [-0.3, -0.25) is 0 Å². The summed E-state index contributed by atoms with van der Waals surface area (Å²) >= 11 is 1.79. The number of thiophene rings is 1. The first-order valence-electron chi connectivity index (χ1n) is 7.74. The Kier molecular flexibility index (Phi) is 6.87. The van der Waals surface area contributed by atoms with Gasteiger partial charge < -0.3 is 15.0 Å². The van der Waals surface area contributed by atoms with Crippen LogP contribution in [0, 0.1) is 0 Å². The molecule has 0 aliphatic carbocycles. The number of pyridine rings is 1. The molecule has 0 atom stereocenters. The molecule has 0 saturated carbocycles. The van der Waals surface area contributed by atoms with Gasteiger partial charge in [-0.2, -0.15) is 0 Å². The lowest BCUT2D eigenvalue weighted by atomic mass is 10.3. The largest absolute Gasteiger partial charge is 0.481 e. The quantitative estimate of drug-likeness (QED) is 0.626. The molecule has 2 heterocycles. The SMILES string of the molecule is CCNC(=NCc1cccc(OC)n1)N(C)CCc1cccs1. The van der Waals surface area contributed by atoms with Crippen LogP contribution < -0.4 is 10.1 Å². The van der Waals surface area contributed by atoms with Crippen LogP contribution in [-0.4, -0.2) is 43.1 Å². The van der Waals surface area contributed by atoms with Gasteiger partial charge in [0.05, 0.1) is 19.3 Å². The summed E-state index contributed by atoms with van der Waals surface area (Å²) in [5.74, 6) is 1.52. The van der Waals surface area contributed by atoms with E-state index >= 15 is 0 Å². The first-order valence-corrected chi connectivity index (χ1v) is 8.62. The highest BCUT2D eigenvalue weighted by molar-refractivity contribution is 7.09. The molecule has 0 fully saturated rings. The van der Waals surface area contributed by atoms with E-state index in [9.17, 15) is 0 Å². The Morgan fingerprint density at radius 2 is 2.22 bits per heavy atom. The molecule has 0 saturated heterocycles. The summed E-state index contributed by atoms with van der Waals surface area (Å²) in [4.78, 5) is 12.6. The van der Waals surface area contributed by atoms with Crippen molar-refractivity contribution in [2.45, 2.75) is 19.9 Å². The summed E-state index contributed by atoms with van der Waals surface area (Å²) in [5.41, 5.74) is 0.895. The number of nitrogens with zero attached hydrogens (tertiary/aromatic N) is 3. The van der Waals surface area contributed by atoms with Crippen molar-refractivity contribution in [2.24, 2.45) is 4.99 Å². The number of nitrogens with one attached hydrogen (secondary N) is 1. The van der Waals surface area contributed by atoms with Crippen LogP contribution in [0.3, 0.4) is 0 Å². The third-order valence-corrected chi connectivity index (χ3v) is 4.29. The van der Waals surface area contributed by atoms with Crippen molar-refractivity contribution in [3.63, 3.8) is 0 Å². The first kappa shape index (κ1) is 17.3. The van der Waals surface area contributed by atoms with E-state index in [0.717, 1.165) is 31.2 Å². The van der Waals surface area contributed by atoms with Gasteiger partial charge in [-0.25, -0.2) is 9.98 Å². The zero-order valence-corrected chi connectivity index (χ0v) is 14.8. The van der Waals surface area contributed by atoms with E-state index in [1.807, 2.05) is 18.2 Å². The van der Waals surface area contributed by atoms with E-state index in [0.29, 0.717) is 12.4 Å². The lowest BCUT2D eigenvalue weighted by molar-refractivity contribution is 0.396. The zero-order valence-electron chi connectivity index (χ0n) is 14.0. The highest BCUT2D eigenvalue weighted by Gasteiger charge is 2.06. The average molecular weight is 332 g/mol. The topological polar surface area (TPSA) is 49.8 Å². The predicted molar refractivity (Wildman–Crippen MR) is 96.3 cm³/mol. The molecule has 0 unspecified atom stereocenters. The molecular weight excluding hydrogens is 308 g/mol. The molecule has 1 N–H and O–H groups in total. The highest BCUT2D eigenvalue weighted by Crippen LogP contribution is 2.10. The van der Waals surface area contributed by atoms with E-state index in [4.69, 9.17) is 4.74 Å². The lowest BCUT2D eigenvalue weighted by Gasteiger charge is -2.21. The maximum absolute atomic E-state index is 5.15. The summed E-state index contributed by atoms with van der Waals surface area (Å²) in [5, 5.41) is 5.45. The first-order chi connectivity index (χ1) is 11.2. The van der Waals surface area contributed by atoms with Gasteiger partial charge in [0.2, 0.25) is 5.88 Å². The Bertz CT molecular complexity index is 613. The number of aliphatic imine (C=N–C) groups is 1. The number of likely N-dealkylation sites (N-methyl/N-ethyl adjacent to an activating group) is 1. The summed E-state index contributed by atoms with van der Waals surface area (Å²) < 4.78 is 5.15. The number of ether oxygens (including phenoxy) is 1. The van der Waals surface area contributed by atoms with E-state index in [2.05, 4.69) is 51.7 Å². The third kappa shape index (κ3) is 5.56. The zero-order chi connectivity index (χ0) is 16.5. The molecule has 2 aromatic rings. The Morgan fingerprint density at radius 3 is 2.91 bits per heavy atom. The highest BCUT2D eigenvalue weighted by atomic mass is 32.1. The van der Waals surface area contributed by atoms with Gasteiger partial charge in [-0.1, -0.05) is 12.1 Å². The van der Waals surface area contributed by atoms with Crippen molar-refractivity contribution in [3.8, 4) is 5.88 Å². The van der Waals surface area contributed by atoms with Gasteiger partial charge >= 0.3 is 0 Å². The van der Waals surface area contributed by atoms with Crippen molar-refractivity contribution < 1.29 is 4.74 Å². The van der Waals surface area contributed by atoms with Crippen molar-refractivity contribution in [2.75, 3.05) is 27.2 Å². The molecule has 0 aliphatic rings. The summed E-state index contributed by atoms with van der Waals surface area (Å²) in [6.07, 6.45) is 1.02. The Labute approximate surface area is 142 Å². The number of hydrogen-bond acceptors (Lipinski definition) is 4. The van der Waals surface area contributed by atoms with Gasteiger partial charge in [-0.15, -0.1) is 11.3 Å². The molecule has 6 heteroatoms. The van der Waals surface area contributed by atoms with Gasteiger partial charge in [0.1, 0.15) is 0 Å². The van der Waals surface area contributed by atoms with Crippen LogP contribution in [0.25, 0.3) is 0 Å². The smallest absolute Gasteiger partial charge is 0.213 e. The normalized spacial score (nSPS) is 11.3. The van der Waals surface area contributed by atoms with Gasteiger partial charge in [-0.05, 0) is 30.9 Å². The van der Waals surface area contributed by atoms with E-state index < -0.39 is 0 Å². The van der Waals surface area contributed by atoms with Gasteiger partial charge in [0.15, 0.2) is 5.96 Å². The summed E-state index contributed by atoms with van der Waals surface area (Å²) in [6.45, 7) is 4.38. The van der Waals surface area contributed by atoms with Crippen molar-refractivity contribution >= 4 is 17.3 Å². The van der Waals surface area contributed by atoms with Crippen LogP contribution in [0.1, 0.15) is 17.5 Å². The molecule has 0 spiro atoms. The molecule has 0 aliphatic heterocycles. The van der Waals surface area contributed by atoms with Crippen LogP contribution in [-0.2, 0) is 13.0 Å². The molecular formula is C17H24N4OS. The number of guanidine groups is 1. The Hall–Kier alpha value is -2.08. The second kappa shape index (κ2) is 9.15. The lowest BCUT2D eigenvalue weighted by Crippen LogP contribution is -2.39. The third-order valence-electron chi connectivity index (χ3n) is 3.35. The van der Waals surface area contributed by atoms with Crippen LogP contribution >= 0.6 is 11.3 Å². The number of hydrogen-bond donors (Lipinski definition) is 1. The maximum atomic E-state index is 5.15. The minimum absolute atomic E-state index is 0.531. The van der Waals surface area contributed by atoms with Crippen molar-refractivity contribution in [3.05, 3.63) is 46.3 Å². The fraction of sp³-hybridized carbons (Fsp3) is 0.412. The van der Waals surface area contributed by atoms with Crippen LogP contribution in [0.2, 0.25) is 0 Å². The van der Waals surface area contributed by atoms with E-state index in [-0.39, 0.29) is 0 Å². The van der Waals surface area contributed by atoms with Crippen LogP contribution in [0.4, 0.5) is 0 Å². The fourth-order valence-corrected chi connectivity index (χ4v) is 2.82. The Balaban J connectivity index is 1.97. The summed E-state index contributed by atoms with van der Waals surface area (Å²) in [6, 6.07) is 9.99. The second-order valence-corrected chi connectivity index (χ2v) is 6.12. The van der Waals surface area contributed by atoms with Gasteiger partial charge in [0.25, 0.3) is 0 Å². The monoisotopic (exact) mass is 332 g/mol. The standard InChI is InChI=1S/C17H24N4OS/c1-4-18-17(21(2)11-10-15-8-6-12-23-15)19-13-14-7-5-9-16(20-14)22-3/h5-9,12H,4,10-11,13H2,1-3H3,(H,18,19). The predicted octanol–water partition coefficient (Wildman–Crippen LogP) is 2.79. The Morgan fingerprint density at radius 1 is 1.35 bits per heavy atom. The molecule has 0 amide bonds. The molecule has 0 bridgehead atoms. The molecule has 2 aromatic heterocycles. The molecule has 23 heavy (non-hydrogen) atoms. The van der Waals surface area contributed by atoms with Crippen molar-refractivity contribution in [1.82, 2.24) is 15.2 Å². The number of rotatable bonds is 7. The van der Waals surface area contributed by atoms with E-state index in [1.54, 1.807) is 18.4 Å². The molecule has 5 nitrogen and oxygen atoms in total. The van der Waals surface area contributed by atoms with Crippen molar-refractivity contribution in [1.29, 1.82) is 0 Å². The minimum atomic E-state index is 0.531. The number of aromatic nitrogens is 1. The molecule has 124 valence electrons. The van der Waals surface area contributed by atoms with Crippen LogP contribution in [0.15, 0.2) is 40.7 Å². The second-order valence-electron chi connectivity index (χ2n) is 5.09. The average Bonchev–Trinajstić information content (AvgIpc) is 3.10. The summed E-state index contributed by atoms with van der Waals surface area (Å²) in [7, 11) is 3.69. The van der Waals surface area contributed by atoms with Gasteiger partial charge in [0, 0.05) is 31.1 Å². The van der Waals surface area contributed by atoms with E-state index in [1.165, 1.54) is 4.88 Å². The molecule has 2 rings (SSSR count). The molecule has 0 aromatic carbocycles. The molecule has 0 radical (unpaired) electrons.